The van der Waals surface area contributed by atoms with Gasteiger partial charge in [0.2, 0.25) is 5.95 Å². The van der Waals surface area contributed by atoms with Crippen LogP contribution < -0.4 is 17.0 Å². The number of hydrogen-bond donors (Lipinski definition) is 2. The van der Waals surface area contributed by atoms with Crippen LogP contribution in [0.3, 0.4) is 0 Å². The Labute approximate surface area is 229 Å². The van der Waals surface area contributed by atoms with Crippen LogP contribution in [0.1, 0.15) is 18.2 Å². The molecule has 0 bridgehead atoms. The summed E-state index contributed by atoms with van der Waals surface area (Å²) < 4.78 is 15.5. The summed E-state index contributed by atoms with van der Waals surface area (Å²) in [6, 6.07) is 25.8. The summed E-state index contributed by atoms with van der Waals surface area (Å²) in [5.41, 5.74) is 14.5. The fraction of sp³-hybridized carbons (Fsp3) is 0.0645. The largest absolute Gasteiger partial charge is 0.382 e. The minimum Gasteiger partial charge on any atom is -0.382 e. The molecular formula is C31H24FN7O. The molecule has 0 aliphatic rings. The van der Waals surface area contributed by atoms with Crippen LogP contribution in [0.15, 0.2) is 96.1 Å². The smallest absolute Gasteiger partial charge is 0.263 e. The average Bonchev–Trinajstić information content (AvgIpc) is 2.97. The molecule has 4 N–H and O–H groups in total. The van der Waals surface area contributed by atoms with Crippen molar-refractivity contribution in [2.45, 2.75) is 13.3 Å². The summed E-state index contributed by atoms with van der Waals surface area (Å²) >= 11 is 0. The zero-order chi connectivity index (χ0) is 28.2. The number of nitrogen functional groups attached to an aromatic ring is 2. The highest BCUT2D eigenvalue weighted by Crippen LogP contribution is 2.29. The lowest BCUT2D eigenvalue weighted by Crippen LogP contribution is -2.22. The highest BCUT2D eigenvalue weighted by atomic mass is 19.1. The summed E-state index contributed by atoms with van der Waals surface area (Å²) in [5, 5.41) is 10.9. The van der Waals surface area contributed by atoms with Gasteiger partial charge in [-0.2, -0.15) is 10.2 Å². The molecule has 3 heterocycles. The van der Waals surface area contributed by atoms with Crippen molar-refractivity contribution < 1.29 is 4.39 Å². The van der Waals surface area contributed by atoms with Gasteiger partial charge in [-0.15, -0.1) is 0 Å². The molecule has 6 rings (SSSR count). The highest BCUT2D eigenvalue weighted by molar-refractivity contribution is 5.98. The van der Waals surface area contributed by atoms with Gasteiger partial charge < -0.3 is 11.5 Å². The Balaban J connectivity index is 0.000000274. The van der Waals surface area contributed by atoms with E-state index in [1.54, 1.807) is 22.9 Å². The Hall–Kier alpha value is -5.62. The number of hydrogen-bond acceptors (Lipinski definition) is 7. The van der Waals surface area contributed by atoms with E-state index in [9.17, 15) is 9.18 Å². The second-order valence-corrected chi connectivity index (χ2v) is 8.94. The van der Waals surface area contributed by atoms with Gasteiger partial charge in [0.15, 0.2) is 0 Å². The summed E-state index contributed by atoms with van der Waals surface area (Å²) in [7, 11) is 0. The molecule has 0 aliphatic heterocycles. The standard InChI is InChI=1S/C26H19FN2O.C5H5N5/c1-2-21-14-18-8-5-11-23(19-13-17-7-3-4-12-24(17)28-16-19)25(18)26(30)29(21)22-10-6-9-20(27)15-22;6-1-3-2-9-5(8)10-4(3)7/h3-16H,2H2,1H3;2H,(H4,7,8,9,10). The first-order chi connectivity index (χ1) is 19.4. The highest BCUT2D eigenvalue weighted by Gasteiger charge is 2.15. The third kappa shape index (κ3) is 5.06. The van der Waals surface area contributed by atoms with Gasteiger partial charge in [-0.3, -0.25) is 14.3 Å². The maximum atomic E-state index is 13.9. The first-order valence-corrected chi connectivity index (χ1v) is 12.5. The summed E-state index contributed by atoms with van der Waals surface area (Å²) in [4.78, 5) is 25.4. The summed E-state index contributed by atoms with van der Waals surface area (Å²) in [6.45, 7) is 1.99. The predicted molar refractivity (Wildman–Crippen MR) is 155 cm³/mol. The quantitative estimate of drug-likeness (QED) is 0.312. The van der Waals surface area contributed by atoms with E-state index in [1.165, 1.54) is 18.3 Å². The van der Waals surface area contributed by atoms with Crippen LogP contribution in [0, 0.1) is 17.1 Å². The van der Waals surface area contributed by atoms with Crippen molar-refractivity contribution in [3.05, 3.63) is 119 Å². The van der Waals surface area contributed by atoms with Crippen molar-refractivity contribution in [3.8, 4) is 22.9 Å². The third-order valence-corrected chi connectivity index (χ3v) is 6.41. The number of anilines is 2. The summed E-state index contributed by atoms with van der Waals surface area (Å²) in [5.74, 6) is -0.167. The minimum atomic E-state index is -0.367. The van der Waals surface area contributed by atoms with Crippen LogP contribution in [0.25, 0.3) is 38.5 Å². The number of aryl methyl sites for hydroxylation is 1. The molecule has 0 amide bonds. The number of rotatable bonds is 3. The normalized spacial score (nSPS) is 10.6. The molecule has 3 aromatic heterocycles. The van der Waals surface area contributed by atoms with Crippen molar-refractivity contribution in [3.63, 3.8) is 0 Å². The lowest BCUT2D eigenvalue weighted by molar-refractivity contribution is 0.626. The van der Waals surface area contributed by atoms with Crippen LogP contribution in [0.4, 0.5) is 16.2 Å². The lowest BCUT2D eigenvalue weighted by atomic mass is 9.98. The van der Waals surface area contributed by atoms with Crippen molar-refractivity contribution in [2.75, 3.05) is 11.5 Å². The first-order valence-electron chi connectivity index (χ1n) is 12.5. The molecule has 0 saturated carbocycles. The Bertz CT molecular complexity index is 1980. The van der Waals surface area contributed by atoms with E-state index in [2.05, 4.69) is 21.0 Å². The lowest BCUT2D eigenvalue weighted by Gasteiger charge is -2.15. The Morgan fingerprint density at radius 1 is 0.925 bits per heavy atom. The molecule has 0 spiro atoms. The van der Waals surface area contributed by atoms with Crippen molar-refractivity contribution in [1.82, 2.24) is 19.5 Å². The number of nitriles is 1. The number of benzene rings is 3. The molecule has 0 fully saturated rings. The van der Waals surface area contributed by atoms with Gasteiger partial charge in [-0.05, 0) is 53.8 Å². The zero-order valence-electron chi connectivity index (χ0n) is 21.5. The van der Waals surface area contributed by atoms with Crippen molar-refractivity contribution in [1.29, 1.82) is 5.26 Å². The Morgan fingerprint density at radius 3 is 2.45 bits per heavy atom. The van der Waals surface area contributed by atoms with Crippen molar-refractivity contribution >= 4 is 33.4 Å². The monoisotopic (exact) mass is 529 g/mol. The van der Waals surface area contributed by atoms with Gasteiger partial charge in [0.05, 0.1) is 22.8 Å². The van der Waals surface area contributed by atoms with Crippen LogP contribution in [-0.2, 0) is 6.42 Å². The van der Waals surface area contributed by atoms with E-state index in [0.29, 0.717) is 17.5 Å². The predicted octanol–water partition coefficient (Wildman–Crippen LogP) is 5.42. The van der Waals surface area contributed by atoms with Gasteiger partial charge in [0.1, 0.15) is 23.3 Å². The Kier molecular flexibility index (Phi) is 7.16. The maximum absolute atomic E-state index is 13.9. The van der Waals surface area contributed by atoms with E-state index in [0.717, 1.165) is 33.1 Å². The number of fused-ring (bicyclic) bond motifs is 2. The molecular weight excluding hydrogens is 505 g/mol. The first kappa shape index (κ1) is 26.0. The number of nitrogens with two attached hydrogens (primary N) is 2. The Morgan fingerprint density at radius 2 is 1.70 bits per heavy atom. The van der Waals surface area contributed by atoms with E-state index in [1.807, 2.05) is 61.5 Å². The second-order valence-electron chi connectivity index (χ2n) is 8.94. The molecule has 40 heavy (non-hydrogen) atoms. The third-order valence-electron chi connectivity index (χ3n) is 6.41. The van der Waals surface area contributed by atoms with Crippen LogP contribution in [0.2, 0.25) is 0 Å². The van der Waals surface area contributed by atoms with Gasteiger partial charge in [-0.1, -0.05) is 49.4 Å². The molecule has 0 unspecified atom stereocenters. The fourth-order valence-corrected chi connectivity index (χ4v) is 4.53. The molecule has 0 radical (unpaired) electrons. The number of halogens is 1. The molecule has 3 aromatic carbocycles. The molecule has 8 nitrogen and oxygen atoms in total. The van der Waals surface area contributed by atoms with E-state index in [4.69, 9.17) is 16.7 Å². The number of nitrogens with zero attached hydrogens (tertiary/aromatic N) is 5. The van der Waals surface area contributed by atoms with Gasteiger partial charge in [0.25, 0.3) is 5.56 Å². The minimum absolute atomic E-state index is 0.0801. The second kappa shape index (κ2) is 11.0. The molecule has 6 aromatic rings. The topological polar surface area (TPSA) is 136 Å². The van der Waals surface area contributed by atoms with Crippen molar-refractivity contribution in [2.24, 2.45) is 0 Å². The fourth-order valence-electron chi connectivity index (χ4n) is 4.53. The number of aromatic nitrogens is 4. The molecule has 0 atom stereocenters. The number of para-hydroxylation sites is 1. The zero-order valence-corrected chi connectivity index (χ0v) is 21.5. The van der Waals surface area contributed by atoms with Gasteiger partial charge >= 0.3 is 0 Å². The van der Waals surface area contributed by atoms with E-state index in [-0.39, 0.29) is 28.7 Å². The molecule has 196 valence electrons. The summed E-state index contributed by atoms with van der Waals surface area (Å²) in [6.07, 6.45) is 3.75. The van der Waals surface area contributed by atoms with Gasteiger partial charge in [-0.25, -0.2) is 9.37 Å². The average molecular weight is 530 g/mol. The number of pyridine rings is 2. The van der Waals surface area contributed by atoms with E-state index >= 15 is 0 Å². The SMILES string of the molecule is CCc1cc2cccc(-c3cnc4ccccc4c3)c2c(=O)n1-c1cccc(F)c1.N#Cc1cnc(N)nc1N. The van der Waals surface area contributed by atoms with E-state index < -0.39 is 0 Å². The molecule has 0 aliphatic carbocycles. The van der Waals surface area contributed by atoms with Crippen LogP contribution >= 0.6 is 0 Å². The van der Waals surface area contributed by atoms with Crippen LogP contribution in [-0.4, -0.2) is 19.5 Å². The molecule has 9 heteroatoms. The molecule has 0 saturated heterocycles. The maximum Gasteiger partial charge on any atom is 0.263 e. The van der Waals surface area contributed by atoms with Gasteiger partial charge in [0, 0.05) is 22.8 Å². The van der Waals surface area contributed by atoms with Crippen LogP contribution in [0.5, 0.6) is 0 Å².